The Balaban J connectivity index is 1.34. The summed E-state index contributed by atoms with van der Waals surface area (Å²) in [6.45, 7) is 1.18. The highest BCUT2D eigenvalue weighted by Crippen LogP contribution is 2.22. The van der Waals surface area contributed by atoms with Crippen molar-refractivity contribution in [3.05, 3.63) is 66.5 Å². The van der Waals surface area contributed by atoms with Gasteiger partial charge in [-0.3, -0.25) is 4.79 Å². The molecular formula is C24H28N4O3S. The molecule has 168 valence electrons. The molecule has 32 heavy (non-hydrogen) atoms. The first-order valence-electron chi connectivity index (χ1n) is 10.9. The number of aryl methyl sites for hydroxylation is 2. The zero-order valence-electron chi connectivity index (χ0n) is 18.2. The Kier molecular flexibility index (Phi) is 6.72. The van der Waals surface area contributed by atoms with E-state index in [2.05, 4.69) is 10.3 Å². The number of carbonyl (C=O) groups excluding carboxylic acids is 1. The summed E-state index contributed by atoms with van der Waals surface area (Å²) in [5, 5.41) is 2.93. The highest BCUT2D eigenvalue weighted by atomic mass is 32.2. The lowest BCUT2D eigenvalue weighted by atomic mass is 10.1. The molecule has 0 saturated carbocycles. The van der Waals surface area contributed by atoms with Gasteiger partial charge in [0.05, 0.1) is 4.90 Å². The highest BCUT2D eigenvalue weighted by Gasteiger charge is 2.25. The minimum atomic E-state index is -3.43. The molecular weight excluding hydrogens is 424 g/mol. The summed E-state index contributed by atoms with van der Waals surface area (Å²) in [6, 6.07) is 14.5. The van der Waals surface area contributed by atoms with E-state index in [4.69, 9.17) is 0 Å². The van der Waals surface area contributed by atoms with Crippen molar-refractivity contribution in [3.63, 3.8) is 0 Å². The molecule has 0 spiro atoms. The van der Waals surface area contributed by atoms with Gasteiger partial charge in [-0.25, -0.2) is 13.4 Å². The number of benzene rings is 2. The maximum absolute atomic E-state index is 12.8. The molecule has 1 fully saturated rings. The highest BCUT2D eigenvalue weighted by molar-refractivity contribution is 7.89. The minimum absolute atomic E-state index is 0.0907. The molecule has 7 nitrogen and oxygen atoms in total. The second kappa shape index (κ2) is 9.67. The number of nitrogens with zero attached hydrogens (tertiary/aromatic N) is 3. The third-order valence-corrected chi connectivity index (χ3v) is 7.66. The van der Waals surface area contributed by atoms with Gasteiger partial charge in [-0.1, -0.05) is 30.7 Å². The molecule has 2 aromatic carbocycles. The van der Waals surface area contributed by atoms with Gasteiger partial charge in [0.2, 0.25) is 15.9 Å². The maximum atomic E-state index is 12.8. The molecule has 1 amide bonds. The van der Waals surface area contributed by atoms with Crippen molar-refractivity contribution in [2.45, 2.75) is 37.0 Å². The molecule has 0 atom stereocenters. The molecule has 3 aromatic rings. The van der Waals surface area contributed by atoms with E-state index in [0.29, 0.717) is 30.8 Å². The number of hydrogen-bond donors (Lipinski definition) is 1. The number of nitrogens with one attached hydrogen (secondary N) is 1. The average molecular weight is 453 g/mol. The van der Waals surface area contributed by atoms with Gasteiger partial charge in [0.15, 0.2) is 0 Å². The first-order chi connectivity index (χ1) is 15.4. The second-order valence-electron chi connectivity index (χ2n) is 8.10. The van der Waals surface area contributed by atoms with Crippen molar-refractivity contribution >= 4 is 21.6 Å². The summed E-state index contributed by atoms with van der Waals surface area (Å²) < 4.78 is 29.0. The maximum Gasteiger partial charge on any atom is 0.243 e. The number of sulfonamides is 1. The molecule has 0 aliphatic carbocycles. The van der Waals surface area contributed by atoms with Crippen molar-refractivity contribution < 1.29 is 13.2 Å². The number of aromatic nitrogens is 2. The van der Waals surface area contributed by atoms with Crippen LogP contribution in [-0.4, -0.2) is 41.3 Å². The van der Waals surface area contributed by atoms with Crippen LogP contribution in [0.5, 0.6) is 0 Å². The number of hydrogen-bond acceptors (Lipinski definition) is 4. The van der Waals surface area contributed by atoms with Crippen molar-refractivity contribution in [3.8, 4) is 11.4 Å². The lowest BCUT2D eigenvalue weighted by Crippen LogP contribution is -2.35. The lowest BCUT2D eigenvalue weighted by Gasteiger charge is -2.25. The third kappa shape index (κ3) is 5.08. The van der Waals surface area contributed by atoms with Crippen LogP contribution >= 0.6 is 0 Å². The van der Waals surface area contributed by atoms with E-state index in [9.17, 15) is 13.2 Å². The van der Waals surface area contributed by atoms with Crippen molar-refractivity contribution in [2.24, 2.45) is 7.05 Å². The lowest BCUT2D eigenvalue weighted by molar-refractivity contribution is -0.116. The number of piperidine rings is 1. The molecule has 1 aromatic heterocycles. The van der Waals surface area contributed by atoms with Gasteiger partial charge in [0.25, 0.3) is 0 Å². The average Bonchev–Trinajstić information content (AvgIpc) is 3.24. The molecule has 0 bridgehead atoms. The summed E-state index contributed by atoms with van der Waals surface area (Å²) in [5.74, 6) is 0.743. The molecule has 8 heteroatoms. The van der Waals surface area contributed by atoms with E-state index in [1.807, 2.05) is 42.1 Å². The van der Waals surface area contributed by atoms with Gasteiger partial charge in [0, 0.05) is 50.2 Å². The zero-order valence-corrected chi connectivity index (χ0v) is 19.0. The minimum Gasteiger partial charge on any atom is -0.334 e. The first kappa shape index (κ1) is 22.2. The van der Waals surface area contributed by atoms with Crippen LogP contribution in [0.1, 0.15) is 31.2 Å². The summed E-state index contributed by atoms with van der Waals surface area (Å²) in [7, 11) is -1.50. The van der Waals surface area contributed by atoms with E-state index < -0.39 is 10.0 Å². The smallest absolute Gasteiger partial charge is 0.243 e. The van der Waals surface area contributed by atoms with Crippen molar-refractivity contribution in [1.82, 2.24) is 13.9 Å². The molecule has 4 rings (SSSR count). The second-order valence-corrected chi connectivity index (χ2v) is 10.0. The SMILES string of the molecule is Cn1ccnc1-c1cccc(NC(=O)CCc2ccc(S(=O)(=O)N3CCCCC3)cc2)c1. The van der Waals surface area contributed by atoms with Crippen LogP contribution in [-0.2, 0) is 28.3 Å². The van der Waals surface area contributed by atoms with Crippen LogP contribution in [0, 0.1) is 0 Å². The van der Waals surface area contributed by atoms with Gasteiger partial charge in [0.1, 0.15) is 5.82 Å². The van der Waals surface area contributed by atoms with Gasteiger partial charge < -0.3 is 9.88 Å². The van der Waals surface area contributed by atoms with Crippen LogP contribution < -0.4 is 5.32 Å². The first-order valence-corrected chi connectivity index (χ1v) is 12.3. The molecule has 0 unspecified atom stereocenters. The predicted octanol–water partition coefficient (Wildman–Crippen LogP) is 3.83. The molecule has 1 aliphatic rings. The topological polar surface area (TPSA) is 84.3 Å². The summed E-state index contributed by atoms with van der Waals surface area (Å²) in [6.07, 6.45) is 7.38. The zero-order chi connectivity index (χ0) is 22.6. The predicted molar refractivity (Wildman–Crippen MR) is 125 cm³/mol. The Morgan fingerprint density at radius 3 is 2.50 bits per heavy atom. The van der Waals surface area contributed by atoms with E-state index >= 15 is 0 Å². The van der Waals surface area contributed by atoms with E-state index in [1.54, 1.807) is 34.8 Å². The normalized spacial score (nSPS) is 14.9. The quantitative estimate of drug-likeness (QED) is 0.590. The van der Waals surface area contributed by atoms with Crippen LogP contribution in [0.4, 0.5) is 5.69 Å². The van der Waals surface area contributed by atoms with E-state index in [0.717, 1.165) is 41.9 Å². The monoisotopic (exact) mass is 452 g/mol. The van der Waals surface area contributed by atoms with E-state index in [1.165, 1.54) is 0 Å². The van der Waals surface area contributed by atoms with Crippen LogP contribution in [0.25, 0.3) is 11.4 Å². The molecule has 1 saturated heterocycles. The Morgan fingerprint density at radius 2 is 1.81 bits per heavy atom. The third-order valence-electron chi connectivity index (χ3n) is 5.74. The molecule has 2 heterocycles. The largest absolute Gasteiger partial charge is 0.334 e. The van der Waals surface area contributed by atoms with Crippen molar-refractivity contribution in [2.75, 3.05) is 18.4 Å². The Labute approximate surface area is 189 Å². The van der Waals surface area contributed by atoms with Crippen LogP contribution in [0.3, 0.4) is 0 Å². The summed E-state index contributed by atoms with van der Waals surface area (Å²) in [5.41, 5.74) is 2.58. The molecule has 1 N–H and O–H groups in total. The van der Waals surface area contributed by atoms with Gasteiger partial charge in [-0.05, 0) is 49.1 Å². The summed E-state index contributed by atoms with van der Waals surface area (Å²) in [4.78, 5) is 17.1. The molecule has 0 radical (unpaired) electrons. The Morgan fingerprint density at radius 1 is 1.06 bits per heavy atom. The number of rotatable bonds is 7. The Hall–Kier alpha value is -2.97. The summed E-state index contributed by atoms with van der Waals surface area (Å²) >= 11 is 0. The number of imidazole rings is 1. The Bertz CT molecular complexity index is 1180. The van der Waals surface area contributed by atoms with Crippen molar-refractivity contribution in [1.29, 1.82) is 0 Å². The van der Waals surface area contributed by atoms with Gasteiger partial charge >= 0.3 is 0 Å². The fourth-order valence-corrected chi connectivity index (χ4v) is 5.46. The standard InChI is InChI=1S/C24H28N4O3S/c1-27-17-14-25-24(27)20-6-5-7-21(18-20)26-23(29)13-10-19-8-11-22(12-9-19)32(30,31)28-15-3-2-4-16-28/h5-9,11-12,14,17-18H,2-4,10,13,15-16H2,1H3,(H,26,29). The van der Waals surface area contributed by atoms with E-state index in [-0.39, 0.29) is 5.91 Å². The number of carbonyl (C=O) groups is 1. The fraction of sp³-hybridized carbons (Fsp3) is 0.333. The number of anilines is 1. The fourth-order valence-electron chi connectivity index (χ4n) is 3.94. The van der Waals surface area contributed by atoms with Crippen LogP contribution in [0.15, 0.2) is 65.8 Å². The molecule has 1 aliphatic heterocycles. The number of amides is 1. The van der Waals surface area contributed by atoms with Gasteiger partial charge in [-0.2, -0.15) is 4.31 Å². The van der Waals surface area contributed by atoms with Gasteiger partial charge in [-0.15, -0.1) is 0 Å². The van der Waals surface area contributed by atoms with Crippen LogP contribution in [0.2, 0.25) is 0 Å².